The first-order valence-corrected chi connectivity index (χ1v) is 10.1. The van der Waals surface area contributed by atoms with Gasteiger partial charge in [0.25, 0.3) is 0 Å². The van der Waals surface area contributed by atoms with Crippen molar-refractivity contribution in [2.75, 3.05) is 44.6 Å². The summed E-state index contributed by atoms with van der Waals surface area (Å²) in [7, 11) is 0. The van der Waals surface area contributed by atoms with Crippen LogP contribution in [-0.2, 0) is 4.79 Å². The van der Waals surface area contributed by atoms with Crippen LogP contribution in [0.4, 0.5) is 5.69 Å². The number of phenols is 1. The maximum atomic E-state index is 11.3. The van der Waals surface area contributed by atoms with E-state index in [1.165, 1.54) is 18.9 Å². The molecule has 6 nitrogen and oxygen atoms in total. The lowest BCUT2D eigenvalue weighted by Crippen LogP contribution is -2.69. The fourth-order valence-electron chi connectivity index (χ4n) is 3.90. The number of hydrogen-bond acceptors (Lipinski definition) is 5. The molecule has 2 aliphatic heterocycles. The van der Waals surface area contributed by atoms with Gasteiger partial charge in [-0.1, -0.05) is 18.2 Å². The van der Waals surface area contributed by atoms with E-state index in [0.29, 0.717) is 17.0 Å². The smallest absolute Gasteiger partial charge is 0.243 e. The molecule has 146 valence electrons. The highest BCUT2D eigenvalue weighted by Gasteiger charge is 2.38. The number of halogens is 1. The second kappa shape index (κ2) is 7.70. The van der Waals surface area contributed by atoms with Crippen molar-refractivity contribution in [3.8, 4) is 5.75 Å². The monoisotopic (exact) mass is 390 g/mol. The summed E-state index contributed by atoms with van der Waals surface area (Å²) >= 11 is 6.24. The van der Waals surface area contributed by atoms with Gasteiger partial charge in [0, 0.05) is 56.4 Å². The van der Waals surface area contributed by atoms with Gasteiger partial charge in [-0.25, -0.2) is 0 Å². The Balaban J connectivity index is 1.16. The van der Waals surface area contributed by atoms with Gasteiger partial charge < -0.3 is 15.7 Å². The summed E-state index contributed by atoms with van der Waals surface area (Å²) in [5.41, 5.74) is 1.93. The maximum Gasteiger partial charge on any atom is 0.243 e. The van der Waals surface area contributed by atoms with E-state index in [9.17, 15) is 9.90 Å². The molecule has 4 rings (SSSR count). The Hall–Kier alpha value is -1.76. The van der Waals surface area contributed by atoms with Crippen LogP contribution in [0.5, 0.6) is 5.75 Å². The van der Waals surface area contributed by atoms with Crippen LogP contribution in [0.3, 0.4) is 0 Å². The standard InChI is InChI=1S/C20H27ClN4O2/c1-2-20(27)23-14-9-25(10-14)15-11-24(12-15)6-5-22-18-7-16(13-3-4-13)17(21)8-19(18)26/h2,7-8,13-15,22,26H,1,3-6,9-12H2,(H,23,27). The van der Waals surface area contributed by atoms with Crippen molar-refractivity contribution in [1.82, 2.24) is 15.1 Å². The first kappa shape index (κ1) is 18.6. The quantitative estimate of drug-likeness (QED) is 0.468. The van der Waals surface area contributed by atoms with Crippen LogP contribution in [-0.4, -0.2) is 72.2 Å². The Bertz CT molecular complexity index is 725. The Labute approximate surface area is 165 Å². The molecule has 2 heterocycles. The Morgan fingerprint density at radius 1 is 1.30 bits per heavy atom. The highest BCUT2D eigenvalue weighted by Crippen LogP contribution is 2.45. The molecular formula is C20H27ClN4O2. The van der Waals surface area contributed by atoms with Crippen LogP contribution in [0.1, 0.15) is 24.3 Å². The van der Waals surface area contributed by atoms with Crippen molar-refractivity contribution in [3.63, 3.8) is 0 Å². The van der Waals surface area contributed by atoms with E-state index in [0.717, 1.165) is 50.5 Å². The molecule has 27 heavy (non-hydrogen) atoms. The Morgan fingerprint density at radius 2 is 2.04 bits per heavy atom. The first-order valence-electron chi connectivity index (χ1n) is 9.69. The second-order valence-electron chi connectivity index (χ2n) is 7.87. The number of carbonyl (C=O) groups is 1. The van der Waals surface area contributed by atoms with Gasteiger partial charge in [-0.2, -0.15) is 0 Å². The number of anilines is 1. The fraction of sp³-hybridized carbons (Fsp3) is 0.550. The number of likely N-dealkylation sites (tertiary alicyclic amines) is 2. The van der Waals surface area contributed by atoms with Crippen LogP contribution in [0, 0.1) is 0 Å². The second-order valence-corrected chi connectivity index (χ2v) is 8.28. The number of benzene rings is 1. The predicted octanol–water partition coefficient (Wildman–Crippen LogP) is 2.01. The summed E-state index contributed by atoms with van der Waals surface area (Å²) in [5, 5.41) is 17.1. The van der Waals surface area contributed by atoms with Crippen LogP contribution in [0.25, 0.3) is 0 Å². The highest BCUT2D eigenvalue weighted by atomic mass is 35.5. The molecule has 3 fully saturated rings. The molecule has 0 bridgehead atoms. The third kappa shape index (κ3) is 4.23. The number of nitrogens with zero attached hydrogens (tertiary/aromatic N) is 2. The normalized spacial score (nSPS) is 21.4. The molecule has 3 aliphatic rings. The van der Waals surface area contributed by atoms with Gasteiger partial charge in [0.2, 0.25) is 5.91 Å². The van der Waals surface area contributed by atoms with Crippen LogP contribution < -0.4 is 10.6 Å². The van der Waals surface area contributed by atoms with Crippen LogP contribution >= 0.6 is 11.6 Å². The molecule has 1 amide bonds. The predicted molar refractivity (Wildman–Crippen MR) is 108 cm³/mol. The van der Waals surface area contributed by atoms with Gasteiger partial charge in [-0.3, -0.25) is 14.6 Å². The fourth-order valence-corrected chi connectivity index (χ4v) is 4.21. The molecule has 1 aromatic carbocycles. The Kier molecular flexibility index (Phi) is 5.30. The molecular weight excluding hydrogens is 364 g/mol. The summed E-state index contributed by atoms with van der Waals surface area (Å²) in [4.78, 5) is 16.1. The summed E-state index contributed by atoms with van der Waals surface area (Å²) in [6, 6.07) is 4.52. The number of carbonyl (C=O) groups excluding carboxylic acids is 1. The molecule has 0 aromatic heterocycles. The van der Waals surface area contributed by atoms with Gasteiger partial charge in [0.05, 0.1) is 11.7 Å². The summed E-state index contributed by atoms with van der Waals surface area (Å²) in [5.74, 6) is 0.696. The zero-order valence-electron chi connectivity index (χ0n) is 15.5. The van der Waals surface area contributed by atoms with Crippen molar-refractivity contribution >= 4 is 23.2 Å². The van der Waals surface area contributed by atoms with Gasteiger partial charge in [-0.05, 0) is 36.5 Å². The average Bonchev–Trinajstić information content (AvgIpc) is 3.39. The number of rotatable bonds is 8. The highest BCUT2D eigenvalue weighted by molar-refractivity contribution is 6.31. The molecule has 0 radical (unpaired) electrons. The Morgan fingerprint density at radius 3 is 2.70 bits per heavy atom. The van der Waals surface area contributed by atoms with Crippen LogP contribution in [0.2, 0.25) is 5.02 Å². The lowest BCUT2D eigenvalue weighted by Gasteiger charge is -2.52. The van der Waals surface area contributed by atoms with E-state index in [4.69, 9.17) is 11.6 Å². The molecule has 0 unspecified atom stereocenters. The minimum absolute atomic E-state index is 0.0868. The van der Waals surface area contributed by atoms with Gasteiger partial charge in [0.15, 0.2) is 0 Å². The number of aromatic hydroxyl groups is 1. The van der Waals surface area contributed by atoms with E-state index in [1.54, 1.807) is 6.07 Å². The molecule has 1 aliphatic carbocycles. The molecule has 7 heteroatoms. The largest absolute Gasteiger partial charge is 0.506 e. The SMILES string of the molecule is C=CC(=O)NC1CN(C2CN(CCNc3cc(C4CC4)c(Cl)cc3O)C2)C1. The summed E-state index contributed by atoms with van der Waals surface area (Å²) in [6.45, 7) is 9.20. The number of nitrogens with one attached hydrogen (secondary N) is 2. The zero-order chi connectivity index (χ0) is 19.0. The average molecular weight is 391 g/mol. The number of phenolic OH excluding ortho intramolecular Hbond substituents is 1. The van der Waals surface area contributed by atoms with E-state index in [2.05, 4.69) is 27.0 Å². The molecule has 3 N–H and O–H groups in total. The summed E-state index contributed by atoms with van der Waals surface area (Å²) in [6.07, 6.45) is 3.70. The number of hydrogen-bond donors (Lipinski definition) is 3. The van der Waals surface area contributed by atoms with Crippen molar-refractivity contribution < 1.29 is 9.90 Å². The number of amides is 1. The van der Waals surface area contributed by atoms with E-state index < -0.39 is 0 Å². The molecule has 0 atom stereocenters. The van der Waals surface area contributed by atoms with Gasteiger partial charge in [-0.15, -0.1) is 0 Å². The van der Waals surface area contributed by atoms with E-state index in [-0.39, 0.29) is 17.7 Å². The minimum atomic E-state index is -0.0868. The third-order valence-electron chi connectivity index (χ3n) is 5.77. The van der Waals surface area contributed by atoms with Crippen molar-refractivity contribution in [2.45, 2.75) is 30.8 Å². The lowest BCUT2D eigenvalue weighted by atomic mass is 9.99. The molecule has 0 spiro atoms. The first-order chi connectivity index (χ1) is 13.0. The van der Waals surface area contributed by atoms with E-state index in [1.807, 2.05) is 6.07 Å². The van der Waals surface area contributed by atoms with Gasteiger partial charge in [0.1, 0.15) is 5.75 Å². The summed E-state index contributed by atoms with van der Waals surface area (Å²) < 4.78 is 0. The minimum Gasteiger partial charge on any atom is -0.506 e. The lowest BCUT2D eigenvalue weighted by molar-refractivity contribution is -0.119. The molecule has 1 saturated carbocycles. The zero-order valence-corrected chi connectivity index (χ0v) is 16.2. The van der Waals surface area contributed by atoms with Crippen molar-refractivity contribution in [1.29, 1.82) is 0 Å². The van der Waals surface area contributed by atoms with Crippen molar-refractivity contribution in [2.24, 2.45) is 0 Å². The third-order valence-corrected chi connectivity index (χ3v) is 6.10. The van der Waals surface area contributed by atoms with Gasteiger partial charge >= 0.3 is 0 Å². The molecule has 2 saturated heterocycles. The topological polar surface area (TPSA) is 67.8 Å². The molecule has 1 aromatic rings. The maximum absolute atomic E-state index is 11.3. The van der Waals surface area contributed by atoms with Crippen LogP contribution in [0.15, 0.2) is 24.8 Å². The van der Waals surface area contributed by atoms with Crippen molar-refractivity contribution in [3.05, 3.63) is 35.4 Å². The van der Waals surface area contributed by atoms with E-state index >= 15 is 0 Å².